The largest absolute Gasteiger partial charge is 0.497 e. The number of rotatable bonds is 13. The molecular formula is C27H27BrN5O8P. The van der Waals surface area contributed by atoms with Crippen LogP contribution in [-0.4, -0.2) is 46.2 Å². The summed E-state index contributed by atoms with van der Waals surface area (Å²) in [6.45, 7) is 3.83. The molecule has 0 saturated carbocycles. The number of hydrogen-bond donors (Lipinski definition) is 2. The normalized spacial score (nSPS) is 14.6. The molecule has 5 rings (SSSR count). The van der Waals surface area contributed by atoms with Crippen molar-refractivity contribution in [2.45, 2.75) is 13.2 Å². The van der Waals surface area contributed by atoms with E-state index in [0.717, 1.165) is 10.0 Å². The Labute approximate surface area is 248 Å². The number of halogens is 1. The van der Waals surface area contributed by atoms with Crippen LogP contribution in [0, 0.1) is 0 Å². The number of hydrogen-bond acceptors (Lipinski definition) is 11. The topological polar surface area (TPSA) is 162 Å². The van der Waals surface area contributed by atoms with Gasteiger partial charge in [-0.1, -0.05) is 28.1 Å². The first-order valence-corrected chi connectivity index (χ1v) is 15.1. The third-order valence-electron chi connectivity index (χ3n) is 5.99. The van der Waals surface area contributed by atoms with Gasteiger partial charge in [-0.25, -0.2) is 4.98 Å². The number of nitrogens with one attached hydrogen (secondary N) is 1. The van der Waals surface area contributed by atoms with E-state index in [1.807, 2.05) is 24.3 Å². The van der Waals surface area contributed by atoms with Crippen LogP contribution in [-0.2, 0) is 41.0 Å². The lowest BCUT2D eigenvalue weighted by atomic mass is 10.1. The van der Waals surface area contributed by atoms with Crippen molar-refractivity contribution < 1.29 is 32.6 Å². The van der Waals surface area contributed by atoms with Crippen molar-refractivity contribution in [3.8, 4) is 5.75 Å². The predicted octanol–water partition coefficient (Wildman–Crippen LogP) is 4.76. The maximum absolute atomic E-state index is 13.9. The molecule has 2 aromatic carbocycles. The summed E-state index contributed by atoms with van der Waals surface area (Å²) >= 11 is 3.42. The molecule has 0 aliphatic carbocycles. The Bertz CT molecular complexity index is 1740. The average molecular weight is 660 g/mol. The highest BCUT2D eigenvalue weighted by molar-refractivity contribution is 9.10. The lowest BCUT2D eigenvalue weighted by Crippen LogP contribution is -2.13. The van der Waals surface area contributed by atoms with E-state index in [1.54, 1.807) is 35.9 Å². The fraction of sp³-hybridized carbons (Fsp3) is 0.222. The molecule has 1 aliphatic heterocycles. The molecule has 4 aromatic rings. The lowest BCUT2D eigenvalue weighted by Gasteiger charge is -2.19. The Hall–Kier alpha value is -3.94. The van der Waals surface area contributed by atoms with E-state index in [-0.39, 0.29) is 55.9 Å². The molecule has 220 valence electrons. The molecule has 0 bridgehead atoms. The van der Waals surface area contributed by atoms with Crippen LogP contribution in [0.1, 0.15) is 11.1 Å². The first-order valence-electron chi connectivity index (χ1n) is 12.6. The third-order valence-corrected chi connectivity index (χ3v) is 8.02. The zero-order valence-electron chi connectivity index (χ0n) is 22.4. The first kappa shape index (κ1) is 29.5. The molecule has 0 spiro atoms. The van der Waals surface area contributed by atoms with Gasteiger partial charge in [0.05, 0.1) is 26.7 Å². The maximum Gasteiger partial charge on any atom is 0.356 e. The second-order valence-corrected chi connectivity index (χ2v) is 11.9. The van der Waals surface area contributed by atoms with Gasteiger partial charge in [-0.15, -0.1) is 0 Å². The zero-order chi connectivity index (χ0) is 29.7. The smallest absolute Gasteiger partial charge is 0.356 e. The highest BCUT2D eigenvalue weighted by Crippen LogP contribution is 2.50. The van der Waals surface area contributed by atoms with Crippen LogP contribution in [0.2, 0.25) is 0 Å². The summed E-state index contributed by atoms with van der Waals surface area (Å²) < 4.78 is 50.2. The van der Waals surface area contributed by atoms with E-state index in [2.05, 4.69) is 37.5 Å². The van der Waals surface area contributed by atoms with E-state index < -0.39 is 13.2 Å². The quantitative estimate of drug-likeness (QED) is 0.150. The molecule has 13 nitrogen and oxygen atoms in total. The van der Waals surface area contributed by atoms with Crippen molar-refractivity contribution in [3.05, 3.63) is 99.1 Å². The highest BCUT2D eigenvalue weighted by atomic mass is 79.9. The fourth-order valence-corrected chi connectivity index (χ4v) is 5.66. The number of aromatic amines is 1. The molecule has 0 amide bonds. The SMILES string of the molecule is C=C1OC(COP(=O)(COCCn2cnc3c(=O)[nH]c(N)nc32)OCc2cccc(Br)c2)=C(c2ccc(OC)cc2)O1. The monoisotopic (exact) mass is 659 g/mol. The molecule has 2 aromatic heterocycles. The van der Waals surface area contributed by atoms with Gasteiger partial charge in [0.15, 0.2) is 22.7 Å². The summed E-state index contributed by atoms with van der Waals surface area (Å²) in [4.78, 5) is 22.6. The number of nitrogens with two attached hydrogens (primary N) is 1. The maximum atomic E-state index is 13.9. The lowest BCUT2D eigenvalue weighted by molar-refractivity contribution is 0.115. The summed E-state index contributed by atoms with van der Waals surface area (Å²) in [7, 11) is -2.27. The van der Waals surface area contributed by atoms with Gasteiger partial charge < -0.3 is 33.8 Å². The molecule has 42 heavy (non-hydrogen) atoms. The third kappa shape index (κ3) is 7.09. The minimum absolute atomic E-state index is 0.00661. The predicted molar refractivity (Wildman–Crippen MR) is 157 cm³/mol. The van der Waals surface area contributed by atoms with Crippen molar-refractivity contribution in [2.24, 2.45) is 0 Å². The summed E-state index contributed by atoms with van der Waals surface area (Å²) in [6, 6.07) is 14.5. The van der Waals surface area contributed by atoms with Crippen LogP contribution in [0.25, 0.3) is 16.9 Å². The summed E-state index contributed by atoms with van der Waals surface area (Å²) in [5.41, 5.74) is 7.14. The van der Waals surface area contributed by atoms with Crippen molar-refractivity contribution in [1.82, 2.24) is 19.5 Å². The Morgan fingerprint density at radius 1 is 1.14 bits per heavy atom. The minimum atomic E-state index is -3.85. The molecule has 1 atom stereocenters. The fourth-order valence-electron chi connectivity index (χ4n) is 3.97. The van der Waals surface area contributed by atoms with Crippen LogP contribution in [0.15, 0.2) is 82.4 Å². The minimum Gasteiger partial charge on any atom is -0.497 e. The van der Waals surface area contributed by atoms with Crippen molar-refractivity contribution in [3.63, 3.8) is 0 Å². The van der Waals surface area contributed by atoms with E-state index in [1.165, 1.54) is 6.33 Å². The number of H-pyrrole nitrogens is 1. The Morgan fingerprint density at radius 2 is 1.93 bits per heavy atom. The molecule has 1 unspecified atom stereocenters. The number of benzene rings is 2. The molecule has 1 aliphatic rings. The molecule has 3 heterocycles. The Kier molecular flexibility index (Phi) is 9.09. The van der Waals surface area contributed by atoms with Gasteiger partial charge in [-0.2, -0.15) is 4.98 Å². The average Bonchev–Trinajstić information content (AvgIpc) is 3.56. The van der Waals surface area contributed by atoms with Crippen molar-refractivity contribution in [2.75, 3.05) is 32.4 Å². The summed E-state index contributed by atoms with van der Waals surface area (Å²) in [5.74, 6) is 1.35. The number of nitrogens with zero attached hydrogens (tertiary/aromatic N) is 3. The van der Waals surface area contributed by atoms with E-state index in [9.17, 15) is 9.36 Å². The number of aromatic nitrogens is 4. The van der Waals surface area contributed by atoms with E-state index >= 15 is 0 Å². The molecule has 0 saturated heterocycles. The van der Waals surface area contributed by atoms with Gasteiger partial charge in [0, 0.05) is 16.6 Å². The number of nitrogen functional groups attached to an aromatic ring is 1. The molecule has 0 radical (unpaired) electrons. The van der Waals surface area contributed by atoms with Crippen molar-refractivity contribution in [1.29, 1.82) is 0 Å². The standard InChI is InChI=1S/C27H27BrN5O8P/c1-17-40-22(24(41-17)19-6-8-21(36-2)9-7-19)14-39-42(35,38-13-18-4-3-5-20(28)12-18)16-37-11-10-33-15-30-23-25(33)31-27(29)32-26(23)34/h3-9,12,15H,1,10-11,13-14,16H2,2H3,(H3,29,31,32,34). The van der Waals surface area contributed by atoms with Crippen LogP contribution in [0.5, 0.6) is 5.75 Å². The number of methoxy groups -OCH3 is 1. The Balaban J connectivity index is 1.29. The second-order valence-electron chi connectivity index (χ2n) is 8.94. The highest BCUT2D eigenvalue weighted by Gasteiger charge is 2.30. The van der Waals surface area contributed by atoms with Gasteiger partial charge in [0.2, 0.25) is 5.95 Å². The summed E-state index contributed by atoms with van der Waals surface area (Å²) in [6.07, 6.45) is 1.09. The van der Waals surface area contributed by atoms with Gasteiger partial charge >= 0.3 is 7.60 Å². The number of fused-ring (bicyclic) bond motifs is 1. The molecular weight excluding hydrogens is 633 g/mol. The number of imidazole rings is 1. The van der Waals surface area contributed by atoms with Crippen LogP contribution < -0.4 is 16.0 Å². The number of anilines is 1. The zero-order valence-corrected chi connectivity index (χ0v) is 24.9. The molecule has 15 heteroatoms. The summed E-state index contributed by atoms with van der Waals surface area (Å²) in [5, 5.41) is 0. The van der Waals surface area contributed by atoms with Gasteiger partial charge in [-0.05, 0) is 48.5 Å². The van der Waals surface area contributed by atoms with Crippen LogP contribution >= 0.6 is 23.5 Å². The first-order chi connectivity index (χ1) is 20.2. The second kappa shape index (κ2) is 12.9. The van der Waals surface area contributed by atoms with Gasteiger partial charge in [-0.3, -0.25) is 18.9 Å². The van der Waals surface area contributed by atoms with Crippen LogP contribution in [0.3, 0.4) is 0 Å². The van der Waals surface area contributed by atoms with Gasteiger partial charge in [0.1, 0.15) is 18.7 Å². The van der Waals surface area contributed by atoms with Crippen LogP contribution in [0.4, 0.5) is 5.95 Å². The van der Waals surface area contributed by atoms with E-state index in [4.69, 9.17) is 33.7 Å². The van der Waals surface area contributed by atoms with E-state index in [0.29, 0.717) is 22.7 Å². The Morgan fingerprint density at radius 3 is 2.69 bits per heavy atom. The van der Waals surface area contributed by atoms with Crippen molar-refractivity contribution >= 4 is 46.4 Å². The number of ether oxygens (including phenoxy) is 4. The molecule has 0 fully saturated rings. The molecule has 3 N–H and O–H groups in total. The van der Waals surface area contributed by atoms with Gasteiger partial charge in [0.25, 0.3) is 11.5 Å².